The van der Waals surface area contributed by atoms with Gasteiger partial charge in [0.15, 0.2) is 0 Å². The highest BCUT2D eigenvalue weighted by atomic mass is 19.1. The van der Waals surface area contributed by atoms with Crippen LogP contribution in [0.25, 0.3) is 0 Å². The van der Waals surface area contributed by atoms with Gasteiger partial charge < -0.3 is 14.7 Å². The predicted octanol–water partition coefficient (Wildman–Crippen LogP) is 2.88. The van der Waals surface area contributed by atoms with E-state index in [2.05, 4.69) is 19.8 Å². The highest BCUT2D eigenvalue weighted by Crippen LogP contribution is 2.20. The summed E-state index contributed by atoms with van der Waals surface area (Å²) in [5.74, 6) is 0.400. The topological polar surface area (TPSA) is 52.6 Å². The predicted molar refractivity (Wildman–Crippen MR) is 107 cm³/mol. The first-order chi connectivity index (χ1) is 13.6. The summed E-state index contributed by atoms with van der Waals surface area (Å²) in [6, 6.07) is 8.29. The van der Waals surface area contributed by atoms with Crippen molar-refractivity contribution in [1.29, 1.82) is 0 Å². The summed E-state index contributed by atoms with van der Waals surface area (Å²) in [6.07, 6.45) is 3.53. The molecule has 2 aliphatic heterocycles. The van der Waals surface area contributed by atoms with Gasteiger partial charge >= 0.3 is 0 Å². The van der Waals surface area contributed by atoms with Crippen LogP contribution in [0, 0.1) is 12.7 Å². The van der Waals surface area contributed by atoms with E-state index in [0.29, 0.717) is 24.7 Å². The van der Waals surface area contributed by atoms with Crippen LogP contribution < -0.4 is 9.80 Å². The Labute approximate surface area is 165 Å². The van der Waals surface area contributed by atoms with E-state index in [9.17, 15) is 9.18 Å². The first-order valence-electron chi connectivity index (χ1n) is 10.0. The molecule has 148 valence electrons. The molecule has 0 saturated carbocycles. The van der Waals surface area contributed by atoms with Crippen molar-refractivity contribution in [3.8, 4) is 0 Å². The summed E-state index contributed by atoms with van der Waals surface area (Å²) in [4.78, 5) is 28.4. The molecular weight excluding hydrogens is 357 g/mol. The van der Waals surface area contributed by atoms with Crippen LogP contribution in [0.1, 0.15) is 35.4 Å². The van der Waals surface area contributed by atoms with Gasteiger partial charge in [0.25, 0.3) is 5.91 Å². The number of nitrogens with zero attached hydrogens (tertiary/aromatic N) is 5. The number of piperidine rings is 1. The number of benzene rings is 1. The number of anilines is 2. The molecular formula is C21H26FN5O. The normalized spacial score (nSPS) is 17.7. The fraction of sp³-hybridized carbons (Fsp3) is 0.476. The number of halogens is 1. The van der Waals surface area contributed by atoms with Crippen LogP contribution in [-0.4, -0.2) is 60.0 Å². The zero-order valence-corrected chi connectivity index (χ0v) is 16.3. The number of carbonyl (C=O) groups is 1. The molecule has 0 N–H and O–H groups in total. The van der Waals surface area contributed by atoms with Gasteiger partial charge in [-0.1, -0.05) is 0 Å². The smallest absolute Gasteiger partial charge is 0.272 e. The zero-order valence-electron chi connectivity index (χ0n) is 16.3. The highest BCUT2D eigenvalue weighted by molar-refractivity contribution is 5.93. The molecule has 1 aromatic heterocycles. The number of aromatic nitrogens is 2. The minimum Gasteiger partial charge on any atom is -0.368 e. The zero-order chi connectivity index (χ0) is 19.5. The van der Waals surface area contributed by atoms with E-state index >= 15 is 0 Å². The summed E-state index contributed by atoms with van der Waals surface area (Å²) >= 11 is 0. The molecule has 2 fully saturated rings. The Morgan fingerprint density at radius 3 is 2.25 bits per heavy atom. The van der Waals surface area contributed by atoms with E-state index < -0.39 is 0 Å². The van der Waals surface area contributed by atoms with Crippen molar-refractivity contribution in [2.24, 2.45) is 0 Å². The molecule has 6 nitrogen and oxygen atoms in total. The van der Waals surface area contributed by atoms with Gasteiger partial charge in [0, 0.05) is 50.6 Å². The number of amides is 1. The lowest BCUT2D eigenvalue weighted by atomic mass is 10.1. The Kier molecular flexibility index (Phi) is 5.41. The van der Waals surface area contributed by atoms with Crippen molar-refractivity contribution >= 4 is 17.5 Å². The molecule has 3 heterocycles. The Hall–Kier alpha value is -2.70. The van der Waals surface area contributed by atoms with Crippen molar-refractivity contribution in [1.82, 2.24) is 14.9 Å². The van der Waals surface area contributed by atoms with Gasteiger partial charge in [-0.2, -0.15) is 0 Å². The summed E-state index contributed by atoms with van der Waals surface area (Å²) in [5.41, 5.74) is 2.28. The molecule has 4 rings (SSSR count). The third-order valence-corrected chi connectivity index (χ3v) is 5.46. The second kappa shape index (κ2) is 8.12. The SMILES string of the molecule is Cc1cc(C(=O)N2CCN(c3ccc(F)cc3)CC2)nc(N2CCCCC2)n1. The summed E-state index contributed by atoms with van der Waals surface area (Å²) in [6.45, 7) is 6.51. The number of hydrogen-bond acceptors (Lipinski definition) is 5. The number of hydrogen-bond donors (Lipinski definition) is 0. The molecule has 0 bridgehead atoms. The quantitative estimate of drug-likeness (QED) is 0.816. The van der Waals surface area contributed by atoms with Crippen molar-refractivity contribution in [3.63, 3.8) is 0 Å². The van der Waals surface area contributed by atoms with E-state index in [1.54, 1.807) is 18.2 Å². The van der Waals surface area contributed by atoms with Crippen molar-refractivity contribution < 1.29 is 9.18 Å². The minimum absolute atomic E-state index is 0.0393. The molecule has 2 aliphatic rings. The van der Waals surface area contributed by atoms with Crippen LogP contribution in [0.15, 0.2) is 30.3 Å². The molecule has 1 aromatic carbocycles. The van der Waals surface area contributed by atoms with E-state index in [4.69, 9.17) is 0 Å². The molecule has 0 aliphatic carbocycles. The van der Waals surface area contributed by atoms with Gasteiger partial charge in [0.2, 0.25) is 5.95 Å². The summed E-state index contributed by atoms with van der Waals surface area (Å²) in [7, 11) is 0. The van der Waals surface area contributed by atoms with Crippen molar-refractivity contribution in [2.45, 2.75) is 26.2 Å². The fourth-order valence-electron chi connectivity index (χ4n) is 3.88. The number of aryl methyl sites for hydroxylation is 1. The van der Waals surface area contributed by atoms with E-state index in [1.165, 1.54) is 18.6 Å². The third kappa shape index (κ3) is 4.08. The van der Waals surface area contributed by atoms with Crippen LogP contribution >= 0.6 is 0 Å². The maximum absolute atomic E-state index is 13.1. The van der Waals surface area contributed by atoms with Gasteiger partial charge in [0.1, 0.15) is 11.5 Å². The Bertz CT molecular complexity index is 827. The van der Waals surface area contributed by atoms with E-state index in [-0.39, 0.29) is 11.7 Å². The number of carbonyl (C=O) groups excluding carboxylic acids is 1. The van der Waals surface area contributed by atoms with Gasteiger partial charge in [-0.15, -0.1) is 0 Å². The van der Waals surface area contributed by atoms with Crippen LogP contribution in [0.3, 0.4) is 0 Å². The maximum Gasteiger partial charge on any atom is 0.272 e. The molecule has 0 radical (unpaired) electrons. The van der Waals surface area contributed by atoms with Crippen LogP contribution in [-0.2, 0) is 0 Å². The second-order valence-electron chi connectivity index (χ2n) is 7.50. The molecule has 0 spiro atoms. The monoisotopic (exact) mass is 383 g/mol. The number of piperazine rings is 1. The van der Waals surface area contributed by atoms with Gasteiger partial charge in [-0.05, 0) is 56.5 Å². The first-order valence-corrected chi connectivity index (χ1v) is 10.0. The third-order valence-electron chi connectivity index (χ3n) is 5.46. The van der Waals surface area contributed by atoms with E-state index in [1.807, 2.05) is 11.8 Å². The Morgan fingerprint density at radius 1 is 0.893 bits per heavy atom. The largest absolute Gasteiger partial charge is 0.368 e. The average molecular weight is 383 g/mol. The second-order valence-corrected chi connectivity index (χ2v) is 7.50. The van der Waals surface area contributed by atoms with Gasteiger partial charge in [0.05, 0.1) is 0 Å². The fourth-order valence-corrected chi connectivity index (χ4v) is 3.88. The van der Waals surface area contributed by atoms with Crippen molar-refractivity contribution in [2.75, 3.05) is 49.1 Å². The first kappa shape index (κ1) is 18.7. The highest BCUT2D eigenvalue weighted by Gasteiger charge is 2.25. The van der Waals surface area contributed by atoms with Crippen molar-refractivity contribution in [3.05, 3.63) is 47.5 Å². The molecule has 28 heavy (non-hydrogen) atoms. The summed E-state index contributed by atoms with van der Waals surface area (Å²) < 4.78 is 13.1. The molecule has 1 amide bonds. The van der Waals surface area contributed by atoms with Gasteiger partial charge in [-0.25, -0.2) is 14.4 Å². The van der Waals surface area contributed by atoms with Crippen LogP contribution in [0.4, 0.5) is 16.0 Å². The molecule has 2 aromatic rings. The molecule has 0 unspecified atom stereocenters. The molecule has 7 heteroatoms. The average Bonchev–Trinajstić information content (AvgIpc) is 2.74. The maximum atomic E-state index is 13.1. The van der Waals surface area contributed by atoms with Crippen LogP contribution in [0.5, 0.6) is 0 Å². The van der Waals surface area contributed by atoms with Crippen LogP contribution in [0.2, 0.25) is 0 Å². The lowest BCUT2D eigenvalue weighted by Gasteiger charge is -2.36. The summed E-state index contributed by atoms with van der Waals surface area (Å²) in [5, 5.41) is 0. The molecule has 0 atom stereocenters. The minimum atomic E-state index is -0.235. The lowest BCUT2D eigenvalue weighted by molar-refractivity contribution is 0.0740. The lowest BCUT2D eigenvalue weighted by Crippen LogP contribution is -2.49. The Balaban J connectivity index is 1.43. The van der Waals surface area contributed by atoms with Gasteiger partial charge in [-0.3, -0.25) is 4.79 Å². The Morgan fingerprint density at radius 2 is 1.57 bits per heavy atom. The van der Waals surface area contributed by atoms with E-state index in [0.717, 1.165) is 50.4 Å². The standard InChI is InChI=1S/C21H26FN5O/c1-16-15-19(24-21(23-16)27-9-3-2-4-10-27)20(28)26-13-11-25(12-14-26)18-7-5-17(22)6-8-18/h5-8,15H,2-4,9-14H2,1H3. The number of rotatable bonds is 3. The molecule has 2 saturated heterocycles.